The zero-order valence-corrected chi connectivity index (χ0v) is 10.0. The van der Waals surface area contributed by atoms with Crippen molar-refractivity contribution >= 4 is 0 Å². The number of hydrogen-bond acceptors (Lipinski definition) is 1. The lowest BCUT2D eigenvalue weighted by atomic mass is 10.1. The first-order chi connectivity index (χ1) is 7.20. The SMILES string of the molecule is CNC(c1ccn(CC(C)C)c1)C1CC1. The van der Waals surface area contributed by atoms with Crippen LogP contribution in [0.25, 0.3) is 0 Å². The summed E-state index contributed by atoms with van der Waals surface area (Å²) in [7, 11) is 2.07. The summed E-state index contributed by atoms with van der Waals surface area (Å²) in [4.78, 5) is 0. The average molecular weight is 206 g/mol. The van der Waals surface area contributed by atoms with Crippen LogP contribution < -0.4 is 5.32 Å². The van der Waals surface area contributed by atoms with E-state index >= 15 is 0 Å². The first-order valence-corrected chi connectivity index (χ1v) is 6.03. The minimum Gasteiger partial charge on any atom is -0.354 e. The van der Waals surface area contributed by atoms with E-state index in [1.54, 1.807) is 0 Å². The molecule has 1 aromatic rings. The summed E-state index contributed by atoms with van der Waals surface area (Å²) < 4.78 is 2.31. The maximum absolute atomic E-state index is 3.43. The van der Waals surface area contributed by atoms with Crippen molar-refractivity contribution < 1.29 is 0 Å². The minimum atomic E-state index is 0.582. The van der Waals surface area contributed by atoms with Crippen LogP contribution in [0.3, 0.4) is 0 Å². The van der Waals surface area contributed by atoms with Gasteiger partial charge in [-0.2, -0.15) is 0 Å². The molecular formula is C13H22N2. The second kappa shape index (κ2) is 4.40. The Hall–Kier alpha value is -0.760. The summed E-state index contributed by atoms with van der Waals surface area (Å²) >= 11 is 0. The monoisotopic (exact) mass is 206 g/mol. The summed E-state index contributed by atoms with van der Waals surface area (Å²) in [6, 6.07) is 2.85. The van der Waals surface area contributed by atoms with Crippen molar-refractivity contribution in [1.82, 2.24) is 9.88 Å². The molecule has 1 aromatic heterocycles. The Kier molecular flexibility index (Phi) is 3.15. The minimum absolute atomic E-state index is 0.582. The van der Waals surface area contributed by atoms with Crippen molar-refractivity contribution in [3.05, 3.63) is 24.0 Å². The number of nitrogens with one attached hydrogen (secondary N) is 1. The summed E-state index contributed by atoms with van der Waals surface area (Å²) in [5.41, 5.74) is 1.46. The number of nitrogens with zero attached hydrogens (tertiary/aromatic N) is 1. The first-order valence-electron chi connectivity index (χ1n) is 6.03. The van der Waals surface area contributed by atoms with Crippen LogP contribution in [0.2, 0.25) is 0 Å². The smallest absolute Gasteiger partial charge is 0.0361 e. The summed E-state index contributed by atoms with van der Waals surface area (Å²) in [6.45, 7) is 5.65. The highest BCUT2D eigenvalue weighted by atomic mass is 15.0. The third-order valence-electron chi connectivity index (χ3n) is 3.11. The van der Waals surface area contributed by atoms with Gasteiger partial charge in [0.25, 0.3) is 0 Å². The molecule has 0 amide bonds. The second-order valence-corrected chi connectivity index (χ2v) is 5.14. The van der Waals surface area contributed by atoms with Crippen LogP contribution in [0.5, 0.6) is 0 Å². The maximum atomic E-state index is 3.43. The fourth-order valence-electron chi connectivity index (χ4n) is 2.28. The molecule has 0 saturated heterocycles. The fourth-order valence-corrected chi connectivity index (χ4v) is 2.28. The summed E-state index contributed by atoms with van der Waals surface area (Å²) in [5.74, 6) is 1.60. The molecule has 1 aliphatic rings. The Balaban J connectivity index is 2.04. The van der Waals surface area contributed by atoms with Gasteiger partial charge in [0, 0.05) is 25.0 Å². The summed E-state index contributed by atoms with van der Waals surface area (Å²) in [5, 5.41) is 3.43. The zero-order chi connectivity index (χ0) is 10.8. The van der Waals surface area contributed by atoms with Gasteiger partial charge in [0.05, 0.1) is 0 Å². The highest BCUT2D eigenvalue weighted by Crippen LogP contribution is 2.40. The molecule has 84 valence electrons. The van der Waals surface area contributed by atoms with Gasteiger partial charge in [-0.05, 0) is 43.4 Å². The van der Waals surface area contributed by atoms with Gasteiger partial charge in [0.1, 0.15) is 0 Å². The Morgan fingerprint density at radius 2 is 2.20 bits per heavy atom. The van der Waals surface area contributed by atoms with Crippen molar-refractivity contribution in [2.75, 3.05) is 7.05 Å². The van der Waals surface area contributed by atoms with E-state index in [0.717, 1.165) is 18.4 Å². The predicted molar refractivity (Wildman–Crippen MR) is 63.8 cm³/mol. The zero-order valence-electron chi connectivity index (χ0n) is 10.0. The molecule has 0 aliphatic heterocycles. The topological polar surface area (TPSA) is 17.0 Å². The van der Waals surface area contributed by atoms with Crippen LogP contribution >= 0.6 is 0 Å². The number of rotatable bonds is 5. The van der Waals surface area contributed by atoms with Crippen LogP contribution in [0.1, 0.15) is 38.3 Å². The Bertz CT molecular complexity index is 310. The highest BCUT2D eigenvalue weighted by molar-refractivity contribution is 5.18. The van der Waals surface area contributed by atoms with Gasteiger partial charge in [-0.25, -0.2) is 0 Å². The van der Waals surface area contributed by atoms with Crippen molar-refractivity contribution in [2.45, 2.75) is 39.3 Å². The summed E-state index contributed by atoms with van der Waals surface area (Å²) in [6.07, 6.45) is 7.29. The van der Waals surface area contributed by atoms with Gasteiger partial charge >= 0.3 is 0 Å². The van der Waals surface area contributed by atoms with E-state index in [0.29, 0.717) is 6.04 Å². The van der Waals surface area contributed by atoms with Gasteiger partial charge in [-0.15, -0.1) is 0 Å². The lowest BCUT2D eigenvalue weighted by Crippen LogP contribution is -2.17. The normalized spacial score (nSPS) is 18.4. The molecular weight excluding hydrogens is 184 g/mol. The van der Waals surface area contributed by atoms with E-state index in [2.05, 4.69) is 49.2 Å². The molecule has 2 heteroatoms. The van der Waals surface area contributed by atoms with Crippen molar-refractivity contribution in [3.8, 4) is 0 Å². The Morgan fingerprint density at radius 3 is 2.73 bits per heavy atom. The van der Waals surface area contributed by atoms with Gasteiger partial charge < -0.3 is 9.88 Å². The van der Waals surface area contributed by atoms with E-state index in [1.165, 1.54) is 18.4 Å². The Morgan fingerprint density at radius 1 is 1.47 bits per heavy atom. The fraction of sp³-hybridized carbons (Fsp3) is 0.692. The Labute approximate surface area is 92.7 Å². The van der Waals surface area contributed by atoms with Gasteiger partial charge in [0.2, 0.25) is 0 Å². The molecule has 1 aliphatic carbocycles. The number of hydrogen-bond donors (Lipinski definition) is 1. The second-order valence-electron chi connectivity index (χ2n) is 5.14. The van der Waals surface area contributed by atoms with E-state index in [4.69, 9.17) is 0 Å². The van der Waals surface area contributed by atoms with Crippen LogP contribution in [0.4, 0.5) is 0 Å². The third-order valence-corrected chi connectivity index (χ3v) is 3.11. The molecule has 2 nitrogen and oxygen atoms in total. The van der Waals surface area contributed by atoms with Crippen LogP contribution in [0.15, 0.2) is 18.5 Å². The highest BCUT2D eigenvalue weighted by Gasteiger charge is 2.31. The molecule has 0 radical (unpaired) electrons. The molecule has 0 spiro atoms. The molecule has 1 saturated carbocycles. The van der Waals surface area contributed by atoms with Gasteiger partial charge in [-0.3, -0.25) is 0 Å². The maximum Gasteiger partial charge on any atom is 0.0361 e. The van der Waals surface area contributed by atoms with Gasteiger partial charge in [-0.1, -0.05) is 13.8 Å². The molecule has 1 unspecified atom stereocenters. The molecule has 1 N–H and O–H groups in total. The molecule has 0 aromatic carbocycles. The number of aromatic nitrogens is 1. The molecule has 1 heterocycles. The van der Waals surface area contributed by atoms with Crippen molar-refractivity contribution in [1.29, 1.82) is 0 Å². The molecule has 2 rings (SSSR count). The molecule has 1 fully saturated rings. The third kappa shape index (κ3) is 2.63. The largest absolute Gasteiger partial charge is 0.354 e. The van der Waals surface area contributed by atoms with Crippen molar-refractivity contribution in [3.63, 3.8) is 0 Å². The average Bonchev–Trinajstić information content (AvgIpc) is 2.89. The lowest BCUT2D eigenvalue weighted by Gasteiger charge is -2.13. The standard InChI is InChI=1S/C13H22N2/c1-10(2)8-15-7-6-12(9-15)13(14-3)11-4-5-11/h6-7,9-11,13-14H,4-5,8H2,1-3H3. The van der Waals surface area contributed by atoms with Crippen LogP contribution in [-0.4, -0.2) is 11.6 Å². The molecule has 0 bridgehead atoms. The van der Waals surface area contributed by atoms with E-state index in [9.17, 15) is 0 Å². The van der Waals surface area contributed by atoms with E-state index < -0.39 is 0 Å². The predicted octanol–water partition coefficient (Wildman–Crippen LogP) is 2.81. The quantitative estimate of drug-likeness (QED) is 0.784. The first kappa shape index (κ1) is 10.7. The van der Waals surface area contributed by atoms with Crippen molar-refractivity contribution in [2.24, 2.45) is 11.8 Å². The molecule has 1 atom stereocenters. The van der Waals surface area contributed by atoms with Gasteiger partial charge in [0.15, 0.2) is 0 Å². The van der Waals surface area contributed by atoms with Crippen LogP contribution in [-0.2, 0) is 6.54 Å². The molecule has 15 heavy (non-hydrogen) atoms. The van der Waals surface area contributed by atoms with E-state index in [-0.39, 0.29) is 0 Å². The van der Waals surface area contributed by atoms with Crippen LogP contribution in [0, 0.1) is 11.8 Å². The lowest BCUT2D eigenvalue weighted by molar-refractivity contribution is 0.510. The van der Waals surface area contributed by atoms with E-state index in [1.807, 2.05) is 0 Å².